The lowest BCUT2D eigenvalue weighted by molar-refractivity contribution is -0.146. The monoisotopic (exact) mass is 289 g/mol. The van der Waals surface area contributed by atoms with Gasteiger partial charge in [-0.3, -0.25) is 19.3 Å². The summed E-state index contributed by atoms with van der Waals surface area (Å²) < 4.78 is 0. The van der Waals surface area contributed by atoms with Gasteiger partial charge in [0.05, 0.1) is 11.3 Å². The van der Waals surface area contributed by atoms with Crippen molar-refractivity contribution in [1.82, 2.24) is 4.90 Å². The number of likely N-dealkylation sites (tertiary alicyclic amines) is 1. The number of carbonyl (C=O) groups excluding carboxylic acids is 2. The van der Waals surface area contributed by atoms with Crippen molar-refractivity contribution in [2.24, 2.45) is 5.92 Å². The molecule has 112 valence electrons. The molecule has 1 aliphatic rings. The molecule has 1 saturated heterocycles. The van der Waals surface area contributed by atoms with Crippen molar-refractivity contribution >= 4 is 17.8 Å². The first-order valence-electron chi connectivity index (χ1n) is 7.03. The van der Waals surface area contributed by atoms with Gasteiger partial charge < -0.3 is 5.11 Å². The topological polar surface area (TPSA) is 74.7 Å². The molecule has 2 unspecified atom stereocenters. The minimum absolute atomic E-state index is 0.0497. The third-order valence-corrected chi connectivity index (χ3v) is 4.18. The Balaban J connectivity index is 2.26. The SMILES string of the molecule is CCC(CN1C(=O)CC(C)(c2ccccc2)C1=O)C(=O)O. The molecular weight excluding hydrogens is 270 g/mol. The largest absolute Gasteiger partial charge is 0.481 e. The maximum atomic E-state index is 12.6. The van der Waals surface area contributed by atoms with Crippen LogP contribution in [0, 0.1) is 5.92 Å². The highest BCUT2D eigenvalue weighted by molar-refractivity contribution is 6.09. The van der Waals surface area contributed by atoms with Crippen molar-refractivity contribution in [2.45, 2.75) is 32.1 Å². The maximum Gasteiger partial charge on any atom is 0.308 e. The van der Waals surface area contributed by atoms with Gasteiger partial charge >= 0.3 is 5.97 Å². The Morgan fingerprint density at radius 2 is 1.95 bits per heavy atom. The molecule has 2 atom stereocenters. The van der Waals surface area contributed by atoms with E-state index in [4.69, 9.17) is 5.11 Å². The number of hydrogen-bond donors (Lipinski definition) is 1. The number of hydrogen-bond acceptors (Lipinski definition) is 3. The van der Waals surface area contributed by atoms with Crippen LogP contribution in [0.3, 0.4) is 0 Å². The van der Waals surface area contributed by atoms with Gasteiger partial charge in [-0.25, -0.2) is 0 Å². The van der Waals surface area contributed by atoms with E-state index in [0.29, 0.717) is 6.42 Å². The molecule has 5 heteroatoms. The van der Waals surface area contributed by atoms with E-state index < -0.39 is 17.3 Å². The molecule has 1 aliphatic heterocycles. The Kier molecular flexibility index (Phi) is 4.11. The van der Waals surface area contributed by atoms with Gasteiger partial charge in [0.2, 0.25) is 11.8 Å². The smallest absolute Gasteiger partial charge is 0.308 e. The molecule has 0 saturated carbocycles. The van der Waals surface area contributed by atoms with Crippen molar-refractivity contribution in [3.05, 3.63) is 35.9 Å². The minimum atomic E-state index is -0.980. The van der Waals surface area contributed by atoms with E-state index >= 15 is 0 Å². The predicted molar refractivity (Wildman–Crippen MR) is 76.5 cm³/mol. The minimum Gasteiger partial charge on any atom is -0.481 e. The van der Waals surface area contributed by atoms with Crippen LogP contribution in [0.1, 0.15) is 32.3 Å². The summed E-state index contributed by atoms with van der Waals surface area (Å²) >= 11 is 0. The third-order valence-electron chi connectivity index (χ3n) is 4.18. The molecule has 0 spiro atoms. The number of imide groups is 1. The molecule has 2 amide bonds. The fraction of sp³-hybridized carbons (Fsp3) is 0.438. The van der Waals surface area contributed by atoms with Crippen LogP contribution in [0.4, 0.5) is 0 Å². The quantitative estimate of drug-likeness (QED) is 0.839. The summed E-state index contributed by atoms with van der Waals surface area (Å²) in [5.74, 6) is -2.30. The van der Waals surface area contributed by atoms with Crippen LogP contribution >= 0.6 is 0 Å². The number of rotatable bonds is 5. The number of nitrogens with zero attached hydrogens (tertiary/aromatic N) is 1. The first kappa shape index (κ1) is 15.2. The van der Waals surface area contributed by atoms with Gasteiger partial charge in [-0.05, 0) is 18.9 Å². The Bertz CT molecular complexity index is 569. The van der Waals surface area contributed by atoms with Gasteiger partial charge in [0, 0.05) is 13.0 Å². The summed E-state index contributed by atoms with van der Waals surface area (Å²) in [6.07, 6.45) is 0.473. The molecule has 0 radical (unpaired) electrons. The Hall–Kier alpha value is -2.17. The van der Waals surface area contributed by atoms with Gasteiger partial charge in [-0.15, -0.1) is 0 Å². The number of amides is 2. The molecule has 0 bridgehead atoms. The standard InChI is InChI=1S/C16H19NO4/c1-3-11(14(19)20)10-17-13(18)9-16(2,15(17)21)12-7-5-4-6-8-12/h4-8,11H,3,9-10H2,1-2H3,(H,19,20). The Labute approximate surface area is 123 Å². The molecule has 1 heterocycles. The fourth-order valence-corrected chi connectivity index (χ4v) is 2.70. The molecule has 0 aliphatic carbocycles. The zero-order valence-electron chi connectivity index (χ0n) is 12.2. The molecule has 1 aromatic carbocycles. The van der Waals surface area contributed by atoms with Crippen LogP contribution < -0.4 is 0 Å². The second kappa shape index (κ2) is 5.68. The third kappa shape index (κ3) is 2.68. The molecule has 1 fully saturated rings. The van der Waals surface area contributed by atoms with E-state index in [0.717, 1.165) is 10.5 Å². The van der Waals surface area contributed by atoms with Gasteiger partial charge in [0.25, 0.3) is 0 Å². The predicted octanol–water partition coefficient (Wildman–Crippen LogP) is 1.81. The van der Waals surface area contributed by atoms with E-state index in [1.165, 1.54) is 0 Å². The summed E-state index contributed by atoms with van der Waals surface area (Å²) in [4.78, 5) is 37.0. The van der Waals surface area contributed by atoms with Gasteiger partial charge in [0.15, 0.2) is 0 Å². The van der Waals surface area contributed by atoms with Gasteiger partial charge in [-0.1, -0.05) is 37.3 Å². The second-order valence-electron chi connectivity index (χ2n) is 5.63. The van der Waals surface area contributed by atoms with Crippen molar-refractivity contribution in [1.29, 1.82) is 0 Å². The number of carboxylic acid groups (broad SMARTS) is 1. The molecule has 2 rings (SSSR count). The maximum absolute atomic E-state index is 12.6. The molecule has 0 aromatic heterocycles. The highest BCUT2D eigenvalue weighted by Gasteiger charge is 2.49. The summed E-state index contributed by atoms with van der Waals surface area (Å²) in [5, 5.41) is 9.10. The van der Waals surface area contributed by atoms with Crippen molar-refractivity contribution in [3.63, 3.8) is 0 Å². The van der Waals surface area contributed by atoms with E-state index in [-0.39, 0.29) is 24.8 Å². The summed E-state index contributed by atoms with van der Waals surface area (Å²) in [7, 11) is 0. The molecule has 5 nitrogen and oxygen atoms in total. The number of carboxylic acids is 1. The highest BCUT2D eigenvalue weighted by Crippen LogP contribution is 2.36. The number of aliphatic carboxylic acids is 1. The van der Waals surface area contributed by atoms with E-state index in [2.05, 4.69) is 0 Å². The lowest BCUT2D eigenvalue weighted by Gasteiger charge is -2.24. The number of benzene rings is 1. The van der Waals surface area contributed by atoms with E-state index in [1.54, 1.807) is 13.8 Å². The van der Waals surface area contributed by atoms with Crippen molar-refractivity contribution in [3.8, 4) is 0 Å². The van der Waals surface area contributed by atoms with E-state index in [1.807, 2.05) is 30.3 Å². The summed E-state index contributed by atoms with van der Waals surface area (Å²) in [6, 6.07) is 9.15. The Morgan fingerprint density at radius 3 is 2.48 bits per heavy atom. The van der Waals surface area contributed by atoms with Crippen LogP contribution in [-0.4, -0.2) is 34.3 Å². The molecular formula is C16H19NO4. The van der Waals surface area contributed by atoms with Crippen LogP contribution in [0.25, 0.3) is 0 Å². The average Bonchev–Trinajstić information content (AvgIpc) is 2.68. The van der Waals surface area contributed by atoms with Crippen LogP contribution in [0.2, 0.25) is 0 Å². The van der Waals surface area contributed by atoms with Crippen LogP contribution in [0.15, 0.2) is 30.3 Å². The van der Waals surface area contributed by atoms with Crippen LogP contribution in [0.5, 0.6) is 0 Å². The van der Waals surface area contributed by atoms with Crippen molar-refractivity contribution < 1.29 is 19.5 Å². The zero-order chi connectivity index (χ0) is 15.6. The highest BCUT2D eigenvalue weighted by atomic mass is 16.4. The Morgan fingerprint density at radius 1 is 1.33 bits per heavy atom. The van der Waals surface area contributed by atoms with E-state index in [9.17, 15) is 14.4 Å². The average molecular weight is 289 g/mol. The molecule has 1 aromatic rings. The first-order valence-corrected chi connectivity index (χ1v) is 7.03. The lowest BCUT2D eigenvalue weighted by atomic mass is 9.81. The van der Waals surface area contributed by atoms with Gasteiger partial charge in [-0.2, -0.15) is 0 Å². The molecule has 1 N–H and O–H groups in total. The molecule has 21 heavy (non-hydrogen) atoms. The van der Waals surface area contributed by atoms with Gasteiger partial charge in [0.1, 0.15) is 0 Å². The summed E-state index contributed by atoms with van der Waals surface area (Å²) in [5.41, 5.74) is -0.107. The summed E-state index contributed by atoms with van der Waals surface area (Å²) in [6.45, 7) is 3.43. The second-order valence-corrected chi connectivity index (χ2v) is 5.63. The first-order chi connectivity index (χ1) is 9.90. The van der Waals surface area contributed by atoms with Crippen LogP contribution in [-0.2, 0) is 19.8 Å². The lowest BCUT2D eigenvalue weighted by Crippen LogP contribution is -2.40. The van der Waals surface area contributed by atoms with Crippen molar-refractivity contribution in [2.75, 3.05) is 6.54 Å². The number of carbonyl (C=O) groups is 3. The fourth-order valence-electron chi connectivity index (χ4n) is 2.70. The zero-order valence-corrected chi connectivity index (χ0v) is 12.2. The normalized spacial score (nSPS) is 23.4.